The van der Waals surface area contributed by atoms with Gasteiger partial charge in [0.05, 0.1) is 11.3 Å². The Morgan fingerprint density at radius 2 is 1.84 bits per heavy atom. The lowest BCUT2D eigenvalue weighted by Crippen LogP contribution is -2.28. The summed E-state index contributed by atoms with van der Waals surface area (Å²) in [6.07, 6.45) is -2.80. The first-order valence-corrected chi connectivity index (χ1v) is 9.38. The van der Waals surface area contributed by atoms with E-state index in [1.807, 2.05) is 0 Å². The standard InChI is InChI=1S/C21H20F3N5O2/c1-3-26-16(30)10-31-20-17(13-8-11(2)27-15(9-13)19(23)24)18(28-21(25)29-20)12-4-6-14(22)7-5-12/h4-9,19H,3,10H2,1-2H3,(H,26,30)(H2,25,28,29). The predicted molar refractivity (Wildman–Crippen MR) is 109 cm³/mol. The summed E-state index contributed by atoms with van der Waals surface area (Å²) in [5.74, 6) is -1.08. The number of rotatable bonds is 7. The van der Waals surface area contributed by atoms with Crippen molar-refractivity contribution in [3.8, 4) is 28.3 Å². The van der Waals surface area contributed by atoms with E-state index in [1.165, 1.54) is 30.3 Å². The molecule has 0 radical (unpaired) electrons. The molecule has 1 amide bonds. The van der Waals surface area contributed by atoms with E-state index in [4.69, 9.17) is 10.5 Å². The first-order valence-electron chi connectivity index (χ1n) is 9.38. The van der Waals surface area contributed by atoms with Crippen LogP contribution < -0.4 is 15.8 Å². The van der Waals surface area contributed by atoms with Gasteiger partial charge < -0.3 is 15.8 Å². The molecule has 3 aromatic rings. The number of aryl methyl sites for hydroxylation is 1. The Labute approximate surface area is 176 Å². The van der Waals surface area contributed by atoms with Crippen LogP contribution in [0, 0.1) is 12.7 Å². The van der Waals surface area contributed by atoms with Gasteiger partial charge in [-0.25, -0.2) is 18.2 Å². The second-order valence-corrected chi connectivity index (χ2v) is 6.58. The molecule has 0 aliphatic rings. The minimum Gasteiger partial charge on any atom is -0.467 e. The van der Waals surface area contributed by atoms with Crippen LogP contribution in [0.4, 0.5) is 19.1 Å². The fourth-order valence-corrected chi connectivity index (χ4v) is 2.97. The van der Waals surface area contributed by atoms with E-state index in [0.29, 0.717) is 23.4 Å². The zero-order valence-corrected chi connectivity index (χ0v) is 16.8. The molecule has 162 valence electrons. The number of alkyl halides is 2. The zero-order valence-electron chi connectivity index (χ0n) is 16.8. The first kappa shape index (κ1) is 22.0. The van der Waals surface area contributed by atoms with Crippen LogP contribution >= 0.6 is 0 Å². The number of pyridine rings is 1. The van der Waals surface area contributed by atoms with Crippen molar-refractivity contribution < 1.29 is 22.7 Å². The van der Waals surface area contributed by atoms with Crippen LogP contribution in [0.15, 0.2) is 36.4 Å². The Morgan fingerprint density at radius 3 is 2.48 bits per heavy atom. The van der Waals surface area contributed by atoms with Crippen molar-refractivity contribution in [2.24, 2.45) is 0 Å². The van der Waals surface area contributed by atoms with Gasteiger partial charge in [-0.05, 0) is 55.8 Å². The third-order valence-electron chi connectivity index (χ3n) is 4.21. The fourth-order valence-electron chi connectivity index (χ4n) is 2.97. The van der Waals surface area contributed by atoms with Crippen molar-refractivity contribution in [1.82, 2.24) is 20.3 Å². The highest BCUT2D eigenvalue weighted by Crippen LogP contribution is 2.39. The van der Waals surface area contributed by atoms with E-state index in [1.54, 1.807) is 19.9 Å². The summed E-state index contributed by atoms with van der Waals surface area (Å²) in [4.78, 5) is 24.0. The Kier molecular flexibility index (Phi) is 6.68. The minimum atomic E-state index is -2.80. The number of ether oxygens (including phenoxy) is 1. The van der Waals surface area contributed by atoms with Gasteiger partial charge >= 0.3 is 0 Å². The highest BCUT2D eigenvalue weighted by molar-refractivity contribution is 5.85. The Hall–Kier alpha value is -3.69. The second kappa shape index (κ2) is 9.41. The fraction of sp³-hybridized carbons (Fsp3) is 0.238. The smallest absolute Gasteiger partial charge is 0.280 e. The number of carbonyl (C=O) groups excluding carboxylic acids is 1. The highest BCUT2D eigenvalue weighted by atomic mass is 19.3. The largest absolute Gasteiger partial charge is 0.467 e. The molecule has 0 unspecified atom stereocenters. The number of benzene rings is 1. The lowest BCUT2D eigenvalue weighted by molar-refractivity contribution is -0.123. The van der Waals surface area contributed by atoms with Gasteiger partial charge in [0.2, 0.25) is 11.8 Å². The molecule has 2 heterocycles. The average molecular weight is 431 g/mol. The third-order valence-corrected chi connectivity index (χ3v) is 4.21. The summed E-state index contributed by atoms with van der Waals surface area (Å²) < 4.78 is 45.8. The molecule has 3 rings (SSSR count). The molecule has 0 fully saturated rings. The van der Waals surface area contributed by atoms with Gasteiger partial charge in [0.25, 0.3) is 12.3 Å². The van der Waals surface area contributed by atoms with E-state index in [2.05, 4.69) is 20.3 Å². The quantitative estimate of drug-likeness (QED) is 0.592. The van der Waals surface area contributed by atoms with Crippen molar-refractivity contribution in [2.45, 2.75) is 20.3 Å². The number of nitrogen functional groups attached to an aromatic ring is 1. The van der Waals surface area contributed by atoms with Crippen molar-refractivity contribution in [3.63, 3.8) is 0 Å². The van der Waals surface area contributed by atoms with Gasteiger partial charge in [0, 0.05) is 17.8 Å². The number of nitrogens with one attached hydrogen (secondary N) is 1. The maximum absolute atomic E-state index is 13.4. The Balaban J connectivity index is 2.22. The van der Waals surface area contributed by atoms with Gasteiger partial charge in [-0.2, -0.15) is 4.98 Å². The van der Waals surface area contributed by atoms with Crippen molar-refractivity contribution >= 4 is 11.9 Å². The molecule has 1 aromatic carbocycles. The normalized spacial score (nSPS) is 10.9. The Morgan fingerprint density at radius 1 is 1.13 bits per heavy atom. The predicted octanol–water partition coefficient (Wildman–Crippen LogP) is 3.69. The summed E-state index contributed by atoms with van der Waals surface area (Å²) in [6, 6.07) is 8.15. The van der Waals surface area contributed by atoms with Crippen LogP contribution in [-0.4, -0.2) is 34.0 Å². The Bertz CT molecular complexity index is 1090. The number of nitrogens with two attached hydrogens (primary N) is 1. The topological polar surface area (TPSA) is 103 Å². The van der Waals surface area contributed by atoms with Crippen LogP contribution in [0.5, 0.6) is 5.88 Å². The molecule has 0 saturated carbocycles. The van der Waals surface area contributed by atoms with Crippen molar-refractivity contribution in [1.29, 1.82) is 0 Å². The molecule has 31 heavy (non-hydrogen) atoms. The van der Waals surface area contributed by atoms with Gasteiger partial charge in [0.15, 0.2) is 6.61 Å². The summed E-state index contributed by atoms with van der Waals surface area (Å²) >= 11 is 0. The lowest BCUT2D eigenvalue weighted by atomic mass is 9.99. The van der Waals surface area contributed by atoms with E-state index < -0.39 is 23.8 Å². The van der Waals surface area contributed by atoms with E-state index in [0.717, 1.165) is 0 Å². The number of halogens is 3. The van der Waals surface area contributed by atoms with E-state index in [-0.39, 0.29) is 29.7 Å². The minimum absolute atomic E-state index is 0.0658. The maximum Gasteiger partial charge on any atom is 0.280 e. The molecule has 10 heteroatoms. The average Bonchev–Trinajstić information content (AvgIpc) is 2.72. The van der Waals surface area contributed by atoms with Crippen molar-refractivity contribution in [2.75, 3.05) is 18.9 Å². The summed E-state index contributed by atoms with van der Waals surface area (Å²) in [5.41, 5.74) is 6.97. The first-order chi connectivity index (χ1) is 14.8. The number of anilines is 1. The van der Waals surface area contributed by atoms with Crippen molar-refractivity contribution in [3.05, 3.63) is 53.6 Å². The molecule has 0 atom stereocenters. The monoisotopic (exact) mass is 431 g/mol. The molecule has 0 spiro atoms. The number of amides is 1. The van der Waals surface area contributed by atoms with Crippen LogP contribution in [0.3, 0.4) is 0 Å². The lowest BCUT2D eigenvalue weighted by Gasteiger charge is -2.16. The molecule has 7 nitrogen and oxygen atoms in total. The molecule has 0 aliphatic carbocycles. The number of likely N-dealkylation sites (N-methyl/N-ethyl adjacent to an activating group) is 1. The summed E-state index contributed by atoms with van der Waals surface area (Å²) in [5, 5.41) is 2.59. The highest BCUT2D eigenvalue weighted by Gasteiger charge is 2.22. The number of aromatic nitrogens is 3. The maximum atomic E-state index is 13.4. The van der Waals surface area contributed by atoms with Crippen LogP contribution in [0.2, 0.25) is 0 Å². The SMILES string of the molecule is CCNC(=O)COc1nc(N)nc(-c2ccc(F)cc2)c1-c1cc(C)nc(C(F)F)c1. The summed E-state index contributed by atoms with van der Waals surface area (Å²) in [7, 11) is 0. The van der Waals surface area contributed by atoms with Gasteiger partial charge in [-0.1, -0.05) is 0 Å². The number of nitrogens with zero attached hydrogens (tertiary/aromatic N) is 3. The van der Waals surface area contributed by atoms with Gasteiger partial charge in [-0.3, -0.25) is 9.78 Å². The molecular weight excluding hydrogens is 411 g/mol. The zero-order chi connectivity index (χ0) is 22.5. The number of carbonyl (C=O) groups is 1. The van der Waals surface area contributed by atoms with Crippen LogP contribution in [0.25, 0.3) is 22.4 Å². The van der Waals surface area contributed by atoms with Crippen LogP contribution in [0.1, 0.15) is 24.7 Å². The number of hydrogen-bond donors (Lipinski definition) is 2. The molecule has 0 bridgehead atoms. The van der Waals surface area contributed by atoms with Gasteiger partial charge in [0.1, 0.15) is 11.5 Å². The molecular formula is C21H20F3N5O2. The summed E-state index contributed by atoms with van der Waals surface area (Å²) in [6.45, 7) is 3.36. The van der Waals surface area contributed by atoms with Gasteiger partial charge in [-0.15, -0.1) is 0 Å². The molecule has 3 N–H and O–H groups in total. The molecule has 2 aromatic heterocycles. The van der Waals surface area contributed by atoms with Crippen LogP contribution in [-0.2, 0) is 4.79 Å². The van der Waals surface area contributed by atoms with E-state index >= 15 is 0 Å². The molecule has 0 aliphatic heterocycles. The third kappa shape index (κ3) is 5.27. The number of hydrogen-bond acceptors (Lipinski definition) is 6. The van der Waals surface area contributed by atoms with E-state index in [9.17, 15) is 18.0 Å². The second-order valence-electron chi connectivity index (χ2n) is 6.58. The molecule has 0 saturated heterocycles.